The van der Waals surface area contributed by atoms with Gasteiger partial charge in [0.15, 0.2) is 0 Å². The van der Waals surface area contributed by atoms with Gasteiger partial charge in [0.2, 0.25) is 5.91 Å². The maximum Gasteiger partial charge on any atom is 0.224 e. The van der Waals surface area contributed by atoms with Crippen LogP contribution in [0.5, 0.6) is 0 Å². The van der Waals surface area contributed by atoms with E-state index in [0.717, 1.165) is 20.8 Å². The molecule has 106 valence electrons. The minimum absolute atomic E-state index is 0.0534. The fourth-order valence-corrected chi connectivity index (χ4v) is 3.16. The van der Waals surface area contributed by atoms with Gasteiger partial charge in [-0.15, -0.1) is 11.3 Å². The highest BCUT2D eigenvalue weighted by Crippen LogP contribution is 2.21. The number of carbonyl (C=O) groups is 1. The maximum absolute atomic E-state index is 12.0. The molecule has 0 saturated heterocycles. The van der Waals surface area contributed by atoms with Crippen LogP contribution in [-0.4, -0.2) is 10.9 Å². The predicted molar refractivity (Wildman–Crippen MR) is 86.6 cm³/mol. The Hall–Kier alpha value is -1.91. The molecule has 0 aliphatic carbocycles. The van der Waals surface area contributed by atoms with E-state index in [9.17, 15) is 4.79 Å². The molecule has 0 bridgehead atoms. The number of fused-ring (bicyclic) bond motifs is 1. The quantitative estimate of drug-likeness (QED) is 0.795. The summed E-state index contributed by atoms with van der Waals surface area (Å²) >= 11 is 7.65. The fraction of sp³-hybridized carbons (Fsp3) is 0.125. The van der Waals surface area contributed by atoms with Crippen molar-refractivity contribution in [2.24, 2.45) is 0 Å². The van der Waals surface area contributed by atoms with E-state index < -0.39 is 0 Å². The third-order valence-electron chi connectivity index (χ3n) is 3.08. The number of carbonyl (C=O) groups excluding carboxylic acids is 1. The summed E-state index contributed by atoms with van der Waals surface area (Å²) in [6.07, 6.45) is 0.282. The standard InChI is InChI=1S/C16H13ClN2OS/c17-12-6-2-1-5-11(12)9-15(20)18-10-16-19-13-7-3-4-8-14(13)21-16/h1-8H,9-10H2,(H,18,20). The molecule has 1 N–H and O–H groups in total. The van der Waals surface area contributed by atoms with Crippen LogP contribution in [0.25, 0.3) is 10.2 Å². The molecule has 21 heavy (non-hydrogen) atoms. The molecule has 0 saturated carbocycles. The Balaban J connectivity index is 1.62. The molecule has 1 aromatic heterocycles. The molecule has 3 nitrogen and oxygen atoms in total. The van der Waals surface area contributed by atoms with Crippen LogP contribution < -0.4 is 5.32 Å². The van der Waals surface area contributed by atoms with Crippen LogP contribution in [0.3, 0.4) is 0 Å². The number of benzene rings is 2. The molecule has 3 rings (SSSR count). The summed E-state index contributed by atoms with van der Waals surface area (Å²) in [4.78, 5) is 16.4. The second-order valence-electron chi connectivity index (χ2n) is 4.62. The molecule has 3 aromatic rings. The zero-order valence-corrected chi connectivity index (χ0v) is 12.7. The molecular weight excluding hydrogens is 304 g/mol. The number of thiazole rings is 1. The van der Waals surface area contributed by atoms with Gasteiger partial charge in [0.1, 0.15) is 5.01 Å². The van der Waals surface area contributed by atoms with E-state index in [4.69, 9.17) is 11.6 Å². The number of nitrogens with zero attached hydrogens (tertiary/aromatic N) is 1. The summed E-state index contributed by atoms with van der Waals surface area (Å²) in [7, 11) is 0. The highest BCUT2D eigenvalue weighted by atomic mass is 35.5. The first kappa shape index (κ1) is 14.0. The van der Waals surface area contributed by atoms with Gasteiger partial charge in [-0.2, -0.15) is 0 Å². The highest BCUT2D eigenvalue weighted by Gasteiger charge is 2.08. The molecule has 0 unspecified atom stereocenters. The van der Waals surface area contributed by atoms with Crippen LogP contribution in [0.15, 0.2) is 48.5 Å². The number of halogens is 1. The van der Waals surface area contributed by atoms with Gasteiger partial charge in [0, 0.05) is 5.02 Å². The van der Waals surface area contributed by atoms with Gasteiger partial charge in [0.25, 0.3) is 0 Å². The maximum atomic E-state index is 12.0. The Morgan fingerprint density at radius 2 is 1.90 bits per heavy atom. The van der Waals surface area contributed by atoms with E-state index in [1.165, 1.54) is 0 Å². The Bertz CT molecular complexity index is 752. The van der Waals surface area contributed by atoms with Crippen LogP contribution in [0.2, 0.25) is 5.02 Å². The van der Waals surface area contributed by atoms with E-state index in [1.807, 2.05) is 42.5 Å². The first-order valence-corrected chi connectivity index (χ1v) is 7.76. The summed E-state index contributed by atoms with van der Waals surface area (Å²) < 4.78 is 1.13. The van der Waals surface area contributed by atoms with Crippen molar-refractivity contribution in [1.82, 2.24) is 10.3 Å². The predicted octanol–water partition coefficient (Wildman–Crippen LogP) is 3.81. The summed E-state index contributed by atoms with van der Waals surface area (Å²) in [5.41, 5.74) is 1.80. The van der Waals surface area contributed by atoms with Crippen LogP contribution >= 0.6 is 22.9 Å². The van der Waals surface area contributed by atoms with Gasteiger partial charge in [-0.05, 0) is 23.8 Å². The molecule has 0 aliphatic heterocycles. The lowest BCUT2D eigenvalue weighted by atomic mass is 10.1. The molecule has 1 heterocycles. The van der Waals surface area contributed by atoms with Crippen LogP contribution in [-0.2, 0) is 17.8 Å². The molecule has 0 fully saturated rings. The number of nitrogens with one attached hydrogen (secondary N) is 1. The Labute approximate surface area is 131 Å². The van der Waals surface area contributed by atoms with Gasteiger partial charge in [-0.1, -0.05) is 41.9 Å². The average molecular weight is 317 g/mol. The highest BCUT2D eigenvalue weighted by molar-refractivity contribution is 7.18. The number of para-hydroxylation sites is 1. The Kier molecular flexibility index (Phi) is 4.18. The SMILES string of the molecule is O=C(Cc1ccccc1Cl)NCc1nc2ccccc2s1. The molecule has 2 aromatic carbocycles. The fourth-order valence-electron chi connectivity index (χ4n) is 2.05. The molecule has 0 atom stereocenters. The van der Waals surface area contributed by atoms with E-state index in [1.54, 1.807) is 17.4 Å². The van der Waals surface area contributed by atoms with Gasteiger partial charge >= 0.3 is 0 Å². The molecule has 0 radical (unpaired) electrons. The zero-order valence-electron chi connectivity index (χ0n) is 11.2. The van der Waals surface area contributed by atoms with E-state index in [0.29, 0.717) is 11.6 Å². The van der Waals surface area contributed by atoms with E-state index >= 15 is 0 Å². The molecule has 0 aliphatic rings. The topological polar surface area (TPSA) is 42.0 Å². The second-order valence-corrected chi connectivity index (χ2v) is 6.14. The van der Waals surface area contributed by atoms with Gasteiger partial charge < -0.3 is 5.32 Å². The normalized spacial score (nSPS) is 10.7. The summed E-state index contributed by atoms with van der Waals surface area (Å²) in [5, 5.41) is 4.41. The van der Waals surface area contributed by atoms with Crippen molar-refractivity contribution in [3.8, 4) is 0 Å². The Morgan fingerprint density at radius 3 is 2.71 bits per heavy atom. The lowest BCUT2D eigenvalue weighted by molar-refractivity contribution is -0.120. The van der Waals surface area contributed by atoms with Crippen molar-refractivity contribution in [2.75, 3.05) is 0 Å². The number of hydrogen-bond donors (Lipinski definition) is 1. The third-order valence-corrected chi connectivity index (χ3v) is 4.49. The summed E-state index contributed by atoms with van der Waals surface area (Å²) in [5.74, 6) is -0.0534. The molecule has 1 amide bonds. The largest absolute Gasteiger partial charge is 0.349 e. The minimum Gasteiger partial charge on any atom is -0.349 e. The monoisotopic (exact) mass is 316 g/mol. The number of aromatic nitrogens is 1. The first-order chi connectivity index (χ1) is 10.2. The lowest BCUT2D eigenvalue weighted by Crippen LogP contribution is -2.24. The average Bonchev–Trinajstić information content (AvgIpc) is 2.90. The van der Waals surface area contributed by atoms with Crippen molar-refractivity contribution in [3.05, 3.63) is 64.1 Å². The van der Waals surface area contributed by atoms with Crippen molar-refractivity contribution in [1.29, 1.82) is 0 Å². The van der Waals surface area contributed by atoms with Gasteiger partial charge in [-0.3, -0.25) is 4.79 Å². The van der Waals surface area contributed by atoms with Crippen molar-refractivity contribution >= 4 is 39.1 Å². The molecule has 0 spiro atoms. The van der Waals surface area contributed by atoms with Crippen molar-refractivity contribution in [3.63, 3.8) is 0 Å². The lowest BCUT2D eigenvalue weighted by Gasteiger charge is -2.04. The van der Waals surface area contributed by atoms with Crippen LogP contribution in [0.1, 0.15) is 10.6 Å². The van der Waals surface area contributed by atoms with Gasteiger partial charge in [0.05, 0.1) is 23.2 Å². The van der Waals surface area contributed by atoms with Crippen LogP contribution in [0, 0.1) is 0 Å². The summed E-state index contributed by atoms with van der Waals surface area (Å²) in [6.45, 7) is 0.447. The number of rotatable bonds is 4. The van der Waals surface area contributed by atoms with Crippen molar-refractivity contribution in [2.45, 2.75) is 13.0 Å². The molecular formula is C16H13ClN2OS. The van der Waals surface area contributed by atoms with Gasteiger partial charge in [-0.25, -0.2) is 4.98 Å². The molecule has 5 heteroatoms. The van der Waals surface area contributed by atoms with E-state index in [2.05, 4.69) is 10.3 Å². The Morgan fingerprint density at radius 1 is 1.14 bits per heavy atom. The minimum atomic E-state index is -0.0534. The smallest absolute Gasteiger partial charge is 0.224 e. The van der Waals surface area contributed by atoms with Crippen molar-refractivity contribution < 1.29 is 4.79 Å². The third kappa shape index (κ3) is 3.40. The van der Waals surface area contributed by atoms with E-state index in [-0.39, 0.29) is 12.3 Å². The summed E-state index contributed by atoms with van der Waals surface area (Å²) in [6, 6.07) is 15.3. The first-order valence-electron chi connectivity index (χ1n) is 6.57. The zero-order chi connectivity index (χ0) is 14.7. The van der Waals surface area contributed by atoms with Crippen LogP contribution in [0.4, 0.5) is 0 Å². The number of hydrogen-bond acceptors (Lipinski definition) is 3. The second kappa shape index (κ2) is 6.24. The number of amides is 1.